The summed E-state index contributed by atoms with van der Waals surface area (Å²) in [7, 11) is 2.89. The van der Waals surface area contributed by atoms with E-state index >= 15 is 0 Å². The van der Waals surface area contributed by atoms with Crippen LogP contribution < -0.4 is 27.0 Å². The standard InChI is InChI=1S/C30H40N6O9/c1-18(38)45-17-24(27(31)41)35-30(44)25(14-19-7-5-4-6-8-19)36(3)26(40)15-33-28(42)23(16-37)34-29(43)22(32-2)13-20-9-11-21(39)12-10-20/h4-12,22-25,32,37,39H,13-17H2,1-3H3,(H2,31,41)(H,33,42)(H,34,43)(H,35,44)/t22-,23+,24+,25-/m0/s1. The smallest absolute Gasteiger partial charge is 0.302 e. The molecule has 0 spiro atoms. The van der Waals surface area contributed by atoms with Crippen LogP contribution in [0.15, 0.2) is 54.6 Å². The van der Waals surface area contributed by atoms with E-state index in [0.717, 1.165) is 17.4 Å². The Balaban J connectivity index is 2.07. The summed E-state index contributed by atoms with van der Waals surface area (Å²) >= 11 is 0. The number of rotatable bonds is 17. The molecule has 45 heavy (non-hydrogen) atoms. The summed E-state index contributed by atoms with van der Waals surface area (Å²) < 4.78 is 4.81. The minimum Gasteiger partial charge on any atom is -0.508 e. The number of primary amides is 1. The van der Waals surface area contributed by atoms with Crippen molar-refractivity contribution in [3.63, 3.8) is 0 Å². The SMILES string of the molecule is CN[C@@H](Cc1ccc(O)cc1)C(=O)N[C@H](CO)C(=O)NCC(=O)N(C)[C@@H](Cc1ccccc1)C(=O)N[C@H](COC(C)=O)C(N)=O. The van der Waals surface area contributed by atoms with Crippen molar-refractivity contribution in [2.75, 3.05) is 33.9 Å². The summed E-state index contributed by atoms with van der Waals surface area (Å²) in [5, 5.41) is 29.3. The van der Waals surface area contributed by atoms with Gasteiger partial charge in [0.05, 0.1) is 19.2 Å². The predicted molar refractivity (Wildman–Crippen MR) is 161 cm³/mol. The molecule has 0 heterocycles. The van der Waals surface area contributed by atoms with Gasteiger partial charge in [-0.25, -0.2) is 0 Å². The zero-order valence-electron chi connectivity index (χ0n) is 25.3. The van der Waals surface area contributed by atoms with Crippen LogP contribution in [-0.2, 0) is 46.3 Å². The summed E-state index contributed by atoms with van der Waals surface area (Å²) in [4.78, 5) is 76.2. The average Bonchev–Trinajstić information content (AvgIpc) is 3.02. The first-order valence-corrected chi connectivity index (χ1v) is 14.0. The van der Waals surface area contributed by atoms with E-state index in [2.05, 4.69) is 21.3 Å². The maximum Gasteiger partial charge on any atom is 0.302 e. The van der Waals surface area contributed by atoms with Gasteiger partial charge in [0.1, 0.15) is 30.5 Å². The van der Waals surface area contributed by atoms with Gasteiger partial charge in [0.15, 0.2) is 0 Å². The Bertz CT molecular complexity index is 1320. The van der Waals surface area contributed by atoms with Crippen molar-refractivity contribution >= 4 is 35.5 Å². The van der Waals surface area contributed by atoms with E-state index in [4.69, 9.17) is 10.5 Å². The van der Waals surface area contributed by atoms with Gasteiger partial charge >= 0.3 is 5.97 Å². The van der Waals surface area contributed by atoms with Crippen LogP contribution in [0.4, 0.5) is 0 Å². The van der Waals surface area contributed by atoms with Crippen LogP contribution in [0.3, 0.4) is 0 Å². The molecule has 0 aliphatic carbocycles. The number of amides is 5. The number of carbonyl (C=O) groups excluding carboxylic acids is 6. The highest BCUT2D eigenvalue weighted by Crippen LogP contribution is 2.12. The molecular formula is C30H40N6O9. The van der Waals surface area contributed by atoms with Gasteiger partial charge in [-0.1, -0.05) is 42.5 Å². The molecule has 0 aromatic heterocycles. The number of nitrogens with two attached hydrogens (primary N) is 1. The lowest BCUT2D eigenvalue weighted by molar-refractivity contribution is -0.145. The predicted octanol–water partition coefficient (Wildman–Crippen LogP) is -2.28. The Kier molecular flexibility index (Phi) is 14.4. The Labute approximate surface area is 260 Å². The molecule has 0 aliphatic rings. The van der Waals surface area contributed by atoms with Gasteiger partial charge in [0, 0.05) is 20.4 Å². The molecule has 244 valence electrons. The van der Waals surface area contributed by atoms with Crippen LogP contribution in [0, 0.1) is 0 Å². The number of phenols is 1. The fourth-order valence-corrected chi connectivity index (χ4v) is 4.15. The number of phenolic OH excluding ortho intramolecular Hbond substituents is 1. The molecule has 0 bridgehead atoms. The van der Waals surface area contributed by atoms with Crippen LogP contribution in [0.25, 0.3) is 0 Å². The van der Waals surface area contributed by atoms with Crippen LogP contribution >= 0.6 is 0 Å². The molecule has 2 aromatic rings. The largest absolute Gasteiger partial charge is 0.508 e. The first kappa shape index (κ1) is 36.2. The third-order valence-electron chi connectivity index (χ3n) is 6.82. The topological polar surface area (TPSA) is 229 Å². The summed E-state index contributed by atoms with van der Waals surface area (Å²) in [5.41, 5.74) is 6.78. The van der Waals surface area contributed by atoms with Crippen molar-refractivity contribution in [2.24, 2.45) is 5.73 Å². The number of aromatic hydroxyl groups is 1. The van der Waals surface area contributed by atoms with Crippen molar-refractivity contribution in [1.29, 1.82) is 0 Å². The second-order valence-electron chi connectivity index (χ2n) is 10.1. The third-order valence-corrected chi connectivity index (χ3v) is 6.82. The molecule has 8 N–H and O–H groups in total. The molecule has 2 aromatic carbocycles. The Hall–Kier alpha value is -5.02. The van der Waals surface area contributed by atoms with E-state index in [-0.39, 0.29) is 18.6 Å². The third kappa shape index (κ3) is 11.9. The maximum atomic E-state index is 13.3. The fourth-order valence-electron chi connectivity index (χ4n) is 4.15. The second kappa shape index (κ2) is 17.9. The molecule has 2 rings (SSSR count). The fraction of sp³-hybridized carbons (Fsp3) is 0.400. The lowest BCUT2D eigenvalue weighted by Crippen LogP contribution is -2.57. The number of benzene rings is 2. The summed E-state index contributed by atoms with van der Waals surface area (Å²) in [6, 6.07) is 10.3. The van der Waals surface area contributed by atoms with Crippen molar-refractivity contribution in [2.45, 2.75) is 43.9 Å². The van der Waals surface area contributed by atoms with Crippen LogP contribution in [0.2, 0.25) is 0 Å². The zero-order valence-corrected chi connectivity index (χ0v) is 25.3. The molecule has 5 amide bonds. The van der Waals surface area contributed by atoms with E-state index in [0.29, 0.717) is 5.56 Å². The highest BCUT2D eigenvalue weighted by atomic mass is 16.5. The summed E-state index contributed by atoms with van der Waals surface area (Å²) in [6.45, 7) is -0.717. The summed E-state index contributed by atoms with van der Waals surface area (Å²) in [5.74, 6) is -4.45. The van der Waals surface area contributed by atoms with Crippen molar-refractivity contribution in [1.82, 2.24) is 26.2 Å². The number of nitrogens with zero attached hydrogens (tertiary/aromatic N) is 1. The monoisotopic (exact) mass is 628 g/mol. The highest BCUT2D eigenvalue weighted by molar-refractivity contribution is 5.94. The molecule has 0 radical (unpaired) electrons. The van der Waals surface area contributed by atoms with Gasteiger partial charge in [-0.2, -0.15) is 0 Å². The molecule has 0 aliphatic heterocycles. The minimum atomic E-state index is -1.38. The van der Waals surface area contributed by atoms with Crippen molar-refractivity contribution < 1.29 is 43.7 Å². The number of ether oxygens (including phenoxy) is 1. The molecule has 15 heteroatoms. The zero-order chi connectivity index (χ0) is 33.5. The molecule has 0 saturated carbocycles. The number of hydrogen-bond donors (Lipinski definition) is 7. The van der Waals surface area contributed by atoms with E-state index < -0.39 is 79.4 Å². The Morgan fingerprint density at radius 2 is 1.44 bits per heavy atom. The van der Waals surface area contributed by atoms with Gasteiger partial charge in [0.25, 0.3) is 0 Å². The number of aliphatic hydroxyl groups is 1. The van der Waals surface area contributed by atoms with Gasteiger partial charge in [0.2, 0.25) is 29.5 Å². The number of carbonyl (C=O) groups is 6. The average molecular weight is 629 g/mol. The lowest BCUT2D eigenvalue weighted by Gasteiger charge is -2.29. The number of likely N-dealkylation sites (N-methyl/N-ethyl adjacent to an activating group) is 2. The lowest BCUT2D eigenvalue weighted by atomic mass is 10.0. The number of aliphatic hydroxyl groups excluding tert-OH is 1. The van der Waals surface area contributed by atoms with Gasteiger partial charge in [-0.05, 0) is 36.7 Å². The van der Waals surface area contributed by atoms with Crippen LogP contribution in [0.1, 0.15) is 18.1 Å². The van der Waals surface area contributed by atoms with Crippen molar-refractivity contribution in [3.8, 4) is 5.75 Å². The van der Waals surface area contributed by atoms with Gasteiger partial charge < -0.3 is 46.9 Å². The quantitative estimate of drug-likeness (QED) is 0.0928. The Morgan fingerprint density at radius 3 is 2.00 bits per heavy atom. The number of esters is 1. The number of hydrogen-bond acceptors (Lipinski definition) is 10. The molecule has 0 saturated heterocycles. The molecular weight excluding hydrogens is 588 g/mol. The summed E-state index contributed by atoms with van der Waals surface area (Å²) in [6.07, 6.45) is 0.262. The van der Waals surface area contributed by atoms with E-state index in [1.54, 1.807) is 49.5 Å². The first-order chi connectivity index (χ1) is 21.4. The molecule has 4 atom stereocenters. The van der Waals surface area contributed by atoms with E-state index in [1.807, 2.05) is 0 Å². The maximum absolute atomic E-state index is 13.3. The Morgan fingerprint density at radius 1 is 0.844 bits per heavy atom. The van der Waals surface area contributed by atoms with Crippen LogP contribution in [-0.4, -0.2) is 109 Å². The molecule has 0 fully saturated rings. The van der Waals surface area contributed by atoms with Gasteiger partial charge in [-0.3, -0.25) is 28.8 Å². The normalized spacial score (nSPS) is 13.3. The molecule has 15 nitrogen and oxygen atoms in total. The van der Waals surface area contributed by atoms with Crippen molar-refractivity contribution in [3.05, 3.63) is 65.7 Å². The number of nitrogens with one attached hydrogen (secondary N) is 4. The van der Waals surface area contributed by atoms with Crippen LogP contribution in [0.5, 0.6) is 5.75 Å². The second-order valence-corrected chi connectivity index (χ2v) is 10.1. The van der Waals surface area contributed by atoms with E-state index in [9.17, 15) is 39.0 Å². The van der Waals surface area contributed by atoms with Gasteiger partial charge in [-0.15, -0.1) is 0 Å². The minimum absolute atomic E-state index is 0.0314. The molecule has 0 unspecified atom stereocenters. The first-order valence-electron chi connectivity index (χ1n) is 14.0. The highest BCUT2D eigenvalue weighted by Gasteiger charge is 2.31. The van der Waals surface area contributed by atoms with E-state index in [1.165, 1.54) is 19.2 Å².